The van der Waals surface area contributed by atoms with E-state index in [2.05, 4.69) is 15.3 Å². The molecule has 4 aromatic rings. The summed E-state index contributed by atoms with van der Waals surface area (Å²) >= 11 is 0. The van der Waals surface area contributed by atoms with Crippen molar-refractivity contribution in [1.82, 2.24) is 9.97 Å². The third kappa shape index (κ3) is 2.83. The molecule has 1 aromatic heterocycles. The average molecular weight is 328 g/mol. The summed E-state index contributed by atoms with van der Waals surface area (Å²) in [5.41, 5.74) is 10.6. The first-order valence-electron chi connectivity index (χ1n) is 7.92. The summed E-state index contributed by atoms with van der Waals surface area (Å²) in [6.45, 7) is 0. The number of nitrogens with zero attached hydrogens (tertiary/aromatic N) is 1. The fourth-order valence-electron chi connectivity index (χ4n) is 2.98. The predicted octanol–water partition coefficient (Wildman–Crippen LogP) is 4.39. The summed E-state index contributed by atoms with van der Waals surface area (Å²) in [5.74, 6) is 0.744. The van der Waals surface area contributed by atoms with Crippen molar-refractivity contribution in [2.24, 2.45) is 5.73 Å². The molecule has 5 nitrogen and oxygen atoms in total. The summed E-state index contributed by atoms with van der Waals surface area (Å²) in [4.78, 5) is 19.5. The van der Waals surface area contributed by atoms with E-state index in [0.717, 1.165) is 33.5 Å². The first kappa shape index (κ1) is 15.0. The average Bonchev–Trinajstić information content (AvgIpc) is 3.06. The Morgan fingerprint density at radius 2 is 1.68 bits per heavy atom. The van der Waals surface area contributed by atoms with Crippen molar-refractivity contribution >= 4 is 22.8 Å². The standard InChI is InChI=1S/C20H16N4O/c21-20(25)24-17-12-6-9-14(18(17)13-7-2-1-3-8-13)19-22-15-10-4-5-11-16(15)23-19/h1-12H,(H,22,23)(H3,21,24,25). The summed E-state index contributed by atoms with van der Waals surface area (Å²) in [5, 5.41) is 2.71. The monoisotopic (exact) mass is 328 g/mol. The topological polar surface area (TPSA) is 83.8 Å². The van der Waals surface area contributed by atoms with E-state index in [1.54, 1.807) is 0 Å². The van der Waals surface area contributed by atoms with Crippen molar-refractivity contribution in [3.8, 4) is 22.5 Å². The molecule has 0 aliphatic carbocycles. The van der Waals surface area contributed by atoms with Gasteiger partial charge in [-0.05, 0) is 23.8 Å². The van der Waals surface area contributed by atoms with E-state index in [9.17, 15) is 4.79 Å². The molecule has 3 aromatic carbocycles. The fraction of sp³-hybridized carbons (Fsp3) is 0. The van der Waals surface area contributed by atoms with Gasteiger partial charge >= 0.3 is 6.03 Å². The van der Waals surface area contributed by atoms with Gasteiger partial charge in [0.2, 0.25) is 0 Å². The van der Waals surface area contributed by atoms with Crippen LogP contribution < -0.4 is 11.1 Å². The van der Waals surface area contributed by atoms with Gasteiger partial charge in [-0.3, -0.25) is 0 Å². The van der Waals surface area contributed by atoms with Crippen molar-refractivity contribution in [3.05, 3.63) is 72.8 Å². The van der Waals surface area contributed by atoms with E-state index in [1.165, 1.54) is 0 Å². The number of amides is 2. The number of aromatic nitrogens is 2. The zero-order chi connectivity index (χ0) is 17.2. The lowest BCUT2D eigenvalue weighted by Crippen LogP contribution is -2.19. The molecule has 1 heterocycles. The molecule has 4 N–H and O–H groups in total. The zero-order valence-corrected chi connectivity index (χ0v) is 13.4. The molecule has 4 rings (SSSR count). The molecular weight excluding hydrogens is 312 g/mol. The molecule has 122 valence electrons. The minimum Gasteiger partial charge on any atom is -0.351 e. The van der Waals surface area contributed by atoms with Crippen LogP contribution in [0.25, 0.3) is 33.5 Å². The van der Waals surface area contributed by atoms with Gasteiger partial charge in [-0.2, -0.15) is 0 Å². The van der Waals surface area contributed by atoms with E-state index in [4.69, 9.17) is 5.73 Å². The number of nitrogens with two attached hydrogens (primary N) is 1. The van der Waals surface area contributed by atoms with Gasteiger partial charge in [-0.1, -0.05) is 54.6 Å². The van der Waals surface area contributed by atoms with Crippen LogP contribution in [0.2, 0.25) is 0 Å². The first-order chi connectivity index (χ1) is 12.2. The summed E-state index contributed by atoms with van der Waals surface area (Å²) in [6, 6.07) is 22.8. The van der Waals surface area contributed by atoms with Crippen LogP contribution in [0.5, 0.6) is 0 Å². The van der Waals surface area contributed by atoms with Crippen molar-refractivity contribution < 1.29 is 4.79 Å². The number of urea groups is 1. The number of rotatable bonds is 3. The number of anilines is 1. The Balaban J connectivity index is 1.96. The van der Waals surface area contributed by atoms with Crippen LogP contribution in [0.1, 0.15) is 0 Å². The Morgan fingerprint density at radius 1 is 0.920 bits per heavy atom. The molecule has 0 saturated carbocycles. The molecule has 0 saturated heterocycles. The van der Waals surface area contributed by atoms with E-state index in [-0.39, 0.29) is 0 Å². The number of hydrogen-bond donors (Lipinski definition) is 3. The summed E-state index contributed by atoms with van der Waals surface area (Å²) in [7, 11) is 0. The Kier molecular flexibility index (Phi) is 3.67. The number of fused-ring (bicyclic) bond motifs is 1. The summed E-state index contributed by atoms with van der Waals surface area (Å²) < 4.78 is 0. The number of primary amides is 1. The van der Waals surface area contributed by atoms with Crippen LogP contribution >= 0.6 is 0 Å². The Bertz CT molecular complexity index is 1020. The van der Waals surface area contributed by atoms with E-state index >= 15 is 0 Å². The highest BCUT2D eigenvalue weighted by molar-refractivity contribution is 5.98. The van der Waals surface area contributed by atoms with Gasteiger partial charge in [0.25, 0.3) is 0 Å². The number of carbonyl (C=O) groups is 1. The third-order valence-electron chi connectivity index (χ3n) is 4.03. The number of imidazole rings is 1. The maximum atomic E-state index is 11.4. The summed E-state index contributed by atoms with van der Waals surface area (Å²) in [6.07, 6.45) is 0. The Hall–Kier alpha value is -3.60. The largest absolute Gasteiger partial charge is 0.351 e. The Morgan fingerprint density at radius 3 is 2.44 bits per heavy atom. The normalized spacial score (nSPS) is 10.7. The lowest BCUT2D eigenvalue weighted by atomic mass is 9.97. The maximum Gasteiger partial charge on any atom is 0.316 e. The number of aromatic amines is 1. The van der Waals surface area contributed by atoms with Gasteiger partial charge in [0.05, 0.1) is 16.7 Å². The van der Waals surface area contributed by atoms with Crippen molar-refractivity contribution in [3.63, 3.8) is 0 Å². The molecule has 0 bridgehead atoms. The molecular formula is C20H16N4O. The first-order valence-corrected chi connectivity index (χ1v) is 7.92. The number of H-pyrrole nitrogens is 1. The lowest BCUT2D eigenvalue weighted by molar-refractivity contribution is 0.259. The number of nitrogens with one attached hydrogen (secondary N) is 2. The Labute approximate surface area is 144 Å². The lowest BCUT2D eigenvalue weighted by Gasteiger charge is -2.14. The highest BCUT2D eigenvalue weighted by Gasteiger charge is 2.16. The maximum absolute atomic E-state index is 11.4. The number of hydrogen-bond acceptors (Lipinski definition) is 2. The van der Waals surface area contributed by atoms with Crippen molar-refractivity contribution in [1.29, 1.82) is 0 Å². The van der Waals surface area contributed by atoms with Crippen LogP contribution in [0.15, 0.2) is 72.8 Å². The molecule has 0 aliphatic heterocycles. The molecule has 0 atom stereocenters. The molecule has 5 heteroatoms. The molecule has 25 heavy (non-hydrogen) atoms. The minimum atomic E-state index is -0.598. The minimum absolute atomic E-state index is 0.598. The zero-order valence-electron chi connectivity index (χ0n) is 13.4. The second-order valence-corrected chi connectivity index (χ2v) is 5.69. The molecule has 0 aliphatic rings. The third-order valence-corrected chi connectivity index (χ3v) is 4.03. The predicted molar refractivity (Wildman–Crippen MR) is 100 cm³/mol. The van der Waals surface area contributed by atoms with Gasteiger partial charge in [-0.15, -0.1) is 0 Å². The molecule has 0 radical (unpaired) electrons. The van der Waals surface area contributed by atoms with Crippen LogP contribution in [-0.2, 0) is 0 Å². The number of para-hydroxylation sites is 2. The van der Waals surface area contributed by atoms with Crippen molar-refractivity contribution in [2.45, 2.75) is 0 Å². The fourth-order valence-corrected chi connectivity index (χ4v) is 2.98. The number of benzene rings is 3. The second-order valence-electron chi connectivity index (χ2n) is 5.69. The number of carbonyl (C=O) groups excluding carboxylic acids is 1. The van der Waals surface area contributed by atoms with E-state index < -0.39 is 6.03 Å². The molecule has 0 unspecified atom stereocenters. The van der Waals surface area contributed by atoms with Gasteiger partial charge in [0.1, 0.15) is 5.82 Å². The highest BCUT2D eigenvalue weighted by atomic mass is 16.2. The highest BCUT2D eigenvalue weighted by Crippen LogP contribution is 2.37. The van der Waals surface area contributed by atoms with Crippen LogP contribution in [0.3, 0.4) is 0 Å². The van der Waals surface area contributed by atoms with Gasteiger partial charge < -0.3 is 16.0 Å². The van der Waals surface area contributed by atoms with Crippen LogP contribution in [0.4, 0.5) is 10.5 Å². The van der Waals surface area contributed by atoms with Gasteiger partial charge in [0.15, 0.2) is 0 Å². The van der Waals surface area contributed by atoms with Gasteiger partial charge in [0, 0.05) is 11.1 Å². The van der Waals surface area contributed by atoms with Crippen LogP contribution in [0, 0.1) is 0 Å². The van der Waals surface area contributed by atoms with Gasteiger partial charge in [-0.25, -0.2) is 9.78 Å². The quantitative estimate of drug-likeness (QED) is 0.521. The van der Waals surface area contributed by atoms with Crippen LogP contribution in [-0.4, -0.2) is 16.0 Å². The smallest absolute Gasteiger partial charge is 0.316 e. The van der Waals surface area contributed by atoms with E-state index in [1.807, 2.05) is 72.8 Å². The van der Waals surface area contributed by atoms with Crippen molar-refractivity contribution in [2.75, 3.05) is 5.32 Å². The second kappa shape index (κ2) is 6.13. The molecule has 2 amide bonds. The molecule has 0 spiro atoms. The van der Waals surface area contributed by atoms with E-state index in [0.29, 0.717) is 5.69 Å². The molecule has 0 fully saturated rings. The SMILES string of the molecule is NC(=O)Nc1cccc(-c2nc3ccccc3[nH]2)c1-c1ccccc1.